The fourth-order valence-electron chi connectivity index (χ4n) is 0.793. The zero-order valence-electron chi connectivity index (χ0n) is 8.18. The van der Waals surface area contributed by atoms with Crippen molar-refractivity contribution in [3.05, 3.63) is 10.6 Å². The SMILES string of the molecule is CC(C(=O)O)=C(Cl)CC(C)OP(=O)(O)O. The van der Waals surface area contributed by atoms with Gasteiger partial charge in [0.15, 0.2) is 0 Å². The van der Waals surface area contributed by atoms with Crippen molar-refractivity contribution in [2.24, 2.45) is 0 Å². The highest BCUT2D eigenvalue weighted by Crippen LogP contribution is 2.39. The Morgan fingerprint density at radius 2 is 2.00 bits per heavy atom. The van der Waals surface area contributed by atoms with Gasteiger partial charge >= 0.3 is 13.8 Å². The topological polar surface area (TPSA) is 104 Å². The van der Waals surface area contributed by atoms with Gasteiger partial charge in [0.05, 0.1) is 6.10 Å². The molecule has 0 spiro atoms. The molecule has 3 N–H and O–H groups in total. The third kappa shape index (κ3) is 6.65. The number of hydrogen-bond acceptors (Lipinski definition) is 3. The second-order valence-electron chi connectivity index (χ2n) is 2.95. The number of halogens is 1. The summed E-state index contributed by atoms with van der Waals surface area (Å²) in [5.41, 5.74) is -0.0715. The first kappa shape index (κ1) is 14.6. The van der Waals surface area contributed by atoms with Crippen LogP contribution in [0.2, 0.25) is 0 Å². The van der Waals surface area contributed by atoms with Crippen molar-refractivity contribution in [3.63, 3.8) is 0 Å². The molecule has 6 nitrogen and oxygen atoms in total. The molecule has 0 aliphatic heterocycles. The number of carboxylic acid groups (broad SMARTS) is 1. The fraction of sp³-hybridized carbons (Fsp3) is 0.571. The molecule has 8 heteroatoms. The summed E-state index contributed by atoms with van der Waals surface area (Å²) in [7, 11) is -4.56. The molecule has 0 amide bonds. The van der Waals surface area contributed by atoms with E-state index in [0.717, 1.165) is 0 Å². The van der Waals surface area contributed by atoms with E-state index in [4.69, 9.17) is 26.5 Å². The van der Waals surface area contributed by atoms with Crippen LogP contribution in [0.25, 0.3) is 0 Å². The van der Waals surface area contributed by atoms with Crippen LogP contribution in [0.15, 0.2) is 10.6 Å². The molecule has 0 bridgehead atoms. The molecule has 0 rings (SSSR count). The summed E-state index contributed by atoms with van der Waals surface area (Å²) in [5.74, 6) is -1.18. The lowest BCUT2D eigenvalue weighted by Crippen LogP contribution is -2.08. The predicted octanol–water partition coefficient (Wildman–Crippen LogP) is 1.47. The first-order valence-corrected chi connectivity index (χ1v) is 5.86. The van der Waals surface area contributed by atoms with Gasteiger partial charge in [-0.15, -0.1) is 0 Å². The Balaban J connectivity index is 4.43. The van der Waals surface area contributed by atoms with E-state index >= 15 is 0 Å². The molecule has 0 aromatic rings. The number of phosphoric acid groups is 1. The van der Waals surface area contributed by atoms with Crippen molar-refractivity contribution in [2.45, 2.75) is 26.4 Å². The predicted molar refractivity (Wildman–Crippen MR) is 53.4 cm³/mol. The summed E-state index contributed by atoms with van der Waals surface area (Å²) in [6.07, 6.45) is -0.919. The standard InChI is InChI=1S/C7H12ClO6P/c1-4(14-15(11,12)13)3-6(8)5(2)7(9)10/h4H,3H2,1-2H3,(H,9,10)(H2,11,12,13). The smallest absolute Gasteiger partial charge is 0.469 e. The molecule has 0 saturated carbocycles. The number of aliphatic carboxylic acids is 1. The zero-order chi connectivity index (χ0) is 12.2. The maximum absolute atomic E-state index is 10.5. The van der Waals surface area contributed by atoms with Crippen LogP contribution < -0.4 is 0 Å². The first-order valence-electron chi connectivity index (χ1n) is 3.96. The largest absolute Gasteiger partial charge is 0.478 e. The minimum atomic E-state index is -4.56. The van der Waals surface area contributed by atoms with Crippen LogP contribution >= 0.6 is 19.4 Å². The molecule has 0 aromatic heterocycles. The normalized spacial score (nSPS) is 15.8. The molecule has 0 aliphatic rings. The molecule has 88 valence electrons. The minimum absolute atomic E-state index is 0.00319. The van der Waals surface area contributed by atoms with Gasteiger partial charge in [-0.1, -0.05) is 11.6 Å². The fourth-order valence-corrected chi connectivity index (χ4v) is 1.63. The van der Waals surface area contributed by atoms with Gasteiger partial charge in [0.2, 0.25) is 0 Å². The molecule has 0 aliphatic carbocycles. The molecule has 0 radical (unpaired) electrons. The summed E-state index contributed by atoms with van der Waals surface area (Å²) >= 11 is 5.62. The van der Waals surface area contributed by atoms with Crippen molar-refractivity contribution in [2.75, 3.05) is 0 Å². The van der Waals surface area contributed by atoms with Gasteiger partial charge in [-0.25, -0.2) is 9.36 Å². The Labute approximate surface area is 91.7 Å². The Hall–Kier alpha value is -0.390. The molecule has 0 saturated heterocycles. The Morgan fingerprint density at radius 3 is 2.33 bits per heavy atom. The molecule has 15 heavy (non-hydrogen) atoms. The van der Waals surface area contributed by atoms with Gasteiger partial charge in [0.1, 0.15) is 0 Å². The lowest BCUT2D eigenvalue weighted by molar-refractivity contribution is -0.132. The Kier molecular flexibility index (Phi) is 5.48. The average Bonchev–Trinajstić information content (AvgIpc) is 1.98. The lowest BCUT2D eigenvalue weighted by Gasteiger charge is -2.13. The van der Waals surface area contributed by atoms with Crippen LogP contribution in [0, 0.1) is 0 Å². The van der Waals surface area contributed by atoms with E-state index in [1.807, 2.05) is 0 Å². The Bertz CT molecular complexity index is 319. The number of hydrogen-bond donors (Lipinski definition) is 3. The minimum Gasteiger partial charge on any atom is -0.478 e. The third-order valence-corrected chi connectivity index (χ3v) is 2.58. The molecular weight excluding hydrogens is 246 g/mol. The quantitative estimate of drug-likeness (QED) is 0.509. The highest BCUT2D eigenvalue weighted by atomic mass is 35.5. The zero-order valence-corrected chi connectivity index (χ0v) is 9.83. The highest BCUT2D eigenvalue weighted by molar-refractivity contribution is 7.46. The van der Waals surface area contributed by atoms with Crippen LogP contribution in [-0.2, 0) is 13.9 Å². The van der Waals surface area contributed by atoms with E-state index in [1.54, 1.807) is 0 Å². The van der Waals surface area contributed by atoms with Crippen molar-refractivity contribution in [1.29, 1.82) is 0 Å². The van der Waals surface area contributed by atoms with Crippen molar-refractivity contribution < 1.29 is 28.8 Å². The summed E-state index contributed by atoms with van der Waals surface area (Å²) in [6, 6.07) is 0. The summed E-state index contributed by atoms with van der Waals surface area (Å²) < 4.78 is 14.7. The maximum Gasteiger partial charge on any atom is 0.469 e. The number of carbonyl (C=O) groups is 1. The van der Waals surface area contributed by atoms with Gasteiger partial charge < -0.3 is 14.9 Å². The highest BCUT2D eigenvalue weighted by Gasteiger charge is 2.20. The van der Waals surface area contributed by atoms with Crippen LogP contribution in [0.5, 0.6) is 0 Å². The van der Waals surface area contributed by atoms with Gasteiger partial charge in [-0.3, -0.25) is 4.52 Å². The van der Waals surface area contributed by atoms with E-state index < -0.39 is 19.9 Å². The third-order valence-electron chi connectivity index (χ3n) is 1.51. The maximum atomic E-state index is 10.5. The molecular formula is C7H12ClO6P. The Morgan fingerprint density at radius 1 is 1.53 bits per heavy atom. The number of phosphoric ester groups is 1. The second kappa shape index (κ2) is 5.63. The monoisotopic (exact) mass is 258 g/mol. The summed E-state index contributed by atoms with van der Waals surface area (Å²) in [5, 5.41) is 8.56. The summed E-state index contributed by atoms with van der Waals surface area (Å²) in [4.78, 5) is 27.4. The van der Waals surface area contributed by atoms with Crippen molar-refractivity contribution >= 4 is 25.4 Å². The van der Waals surface area contributed by atoms with Gasteiger partial charge in [0, 0.05) is 17.0 Å². The molecule has 1 unspecified atom stereocenters. The van der Waals surface area contributed by atoms with E-state index in [0.29, 0.717) is 0 Å². The molecule has 1 atom stereocenters. The van der Waals surface area contributed by atoms with Crippen molar-refractivity contribution in [3.8, 4) is 0 Å². The second-order valence-corrected chi connectivity index (χ2v) is 4.59. The van der Waals surface area contributed by atoms with E-state index in [9.17, 15) is 9.36 Å². The summed E-state index contributed by atoms with van der Waals surface area (Å²) in [6.45, 7) is 2.69. The number of rotatable bonds is 5. The van der Waals surface area contributed by atoms with Crippen LogP contribution in [0.4, 0.5) is 0 Å². The molecule has 0 aromatic carbocycles. The van der Waals surface area contributed by atoms with Crippen molar-refractivity contribution in [1.82, 2.24) is 0 Å². The van der Waals surface area contributed by atoms with Crippen LogP contribution in [0.1, 0.15) is 20.3 Å². The van der Waals surface area contributed by atoms with Crippen LogP contribution in [0.3, 0.4) is 0 Å². The van der Waals surface area contributed by atoms with Gasteiger partial charge in [-0.2, -0.15) is 0 Å². The van der Waals surface area contributed by atoms with Gasteiger partial charge in [0.25, 0.3) is 0 Å². The van der Waals surface area contributed by atoms with E-state index in [2.05, 4.69) is 4.52 Å². The van der Waals surface area contributed by atoms with E-state index in [1.165, 1.54) is 13.8 Å². The number of carboxylic acids is 1. The lowest BCUT2D eigenvalue weighted by atomic mass is 10.2. The van der Waals surface area contributed by atoms with E-state index in [-0.39, 0.29) is 17.0 Å². The first-order chi connectivity index (χ1) is 6.63. The van der Waals surface area contributed by atoms with Gasteiger partial charge in [-0.05, 0) is 13.8 Å². The molecule has 0 heterocycles. The molecule has 0 fully saturated rings. The average molecular weight is 259 g/mol. The van der Waals surface area contributed by atoms with Crippen LogP contribution in [-0.4, -0.2) is 27.0 Å².